The molecule has 0 N–H and O–H groups in total. The Bertz CT molecular complexity index is 1770. The predicted molar refractivity (Wildman–Crippen MR) is 243 cm³/mol. The Morgan fingerprint density at radius 1 is 0.400 bits per heavy atom. The van der Waals surface area contributed by atoms with Crippen molar-refractivity contribution >= 4 is 0 Å². The minimum atomic E-state index is 0. The molecule has 3 unspecified atom stereocenters. The Kier molecular flexibility index (Phi) is 18.9. The molecule has 0 heteroatoms. The van der Waals surface area contributed by atoms with Crippen LogP contribution in [0.25, 0.3) is 11.1 Å². The van der Waals surface area contributed by atoms with Crippen molar-refractivity contribution in [3.63, 3.8) is 0 Å². The first kappa shape index (κ1) is 44.2. The van der Waals surface area contributed by atoms with E-state index in [-0.39, 0.29) is 12.8 Å². The van der Waals surface area contributed by atoms with Crippen LogP contribution >= 0.6 is 0 Å². The fraction of sp³-hybridized carbons (Fsp3) is 0.273. The second-order valence-electron chi connectivity index (χ2n) is 14.6. The van der Waals surface area contributed by atoms with Gasteiger partial charge in [-0.1, -0.05) is 251 Å². The smallest absolute Gasteiger partial charge is 0.0220 e. The molecule has 1 saturated carbocycles. The summed E-state index contributed by atoms with van der Waals surface area (Å²) in [6.07, 6.45) is 15.5. The van der Waals surface area contributed by atoms with Crippen LogP contribution in [-0.2, 0) is 5.41 Å². The number of rotatable bonds is 2. The first-order valence-corrected chi connectivity index (χ1v) is 20.0. The van der Waals surface area contributed by atoms with Gasteiger partial charge in [0.2, 0.25) is 0 Å². The van der Waals surface area contributed by atoms with Gasteiger partial charge in [0.25, 0.3) is 0 Å². The molecule has 6 aliphatic rings. The highest BCUT2D eigenvalue weighted by molar-refractivity contribution is 5.62. The number of benzene rings is 6. The second kappa shape index (κ2) is 23.6. The van der Waals surface area contributed by atoms with Gasteiger partial charge in [0.15, 0.2) is 0 Å². The molecule has 6 aromatic rings. The normalized spacial score (nSPS) is 20.5. The fourth-order valence-corrected chi connectivity index (χ4v) is 7.58. The van der Waals surface area contributed by atoms with Crippen molar-refractivity contribution < 1.29 is 0 Å². The van der Waals surface area contributed by atoms with Crippen LogP contribution in [-0.4, -0.2) is 0 Å². The molecular weight excluding hydrogens is 661 g/mol. The fourth-order valence-electron chi connectivity index (χ4n) is 7.58. The number of hydrogen-bond acceptors (Lipinski definition) is 0. The molecule has 0 saturated heterocycles. The molecular formula is C55H66. The van der Waals surface area contributed by atoms with E-state index in [4.69, 9.17) is 0 Å². The predicted octanol–water partition coefficient (Wildman–Crippen LogP) is 15.9. The Balaban J connectivity index is 0.000000195. The van der Waals surface area contributed by atoms with E-state index in [9.17, 15) is 0 Å². The van der Waals surface area contributed by atoms with Gasteiger partial charge in [0.05, 0.1) is 0 Å². The molecule has 0 radical (unpaired) electrons. The summed E-state index contributed by atoms with van der Waals surface area (Å²) in [5, 5.41) is 0. The van der Waals surface area contributed by atoms with Crippen LogP contribution in [0.15, 0.2) is 206 Å². The van der Waals surface area contributed by atoms with Gasteiger partial charge in [0.1, 0.15) is 0 Å². The highest BCUT2D eigenvalue weighted by atomic mass is 14.5. The lowest BCUT2D eigenvalue weighted by atomic mass is 9.49. The third kappa shape index (κ3) is 13.3. The molecule has 6 aliphatic carbocycles. The summed E-state index contributed by atoms with van der Waals surface area (Å²) in [6.45, 7) is 12.7. The van der Waals surface area contributed by atoms with Crippen molar-refractivity contribution in [3.8, 4) is 11.1 Å². The van der Waals surface area contributed by atoms with Gasteiger partial charge in [-0.15, -0.1) is 0 Å². The van der Waals surface area contributed by atoms with Crippen molar-refractivity contribution in [1.82, 2.24) is 0 Å². The average molecular weight is 727 g/mol. The molecule has 286 valence electrons. The highest BCUT2D eigenvalue weighted by Crippen LogP contribution is 2.58. The molecule has 6 aromatic carbocycles. The van der Waals surface area contributed by atoms with E-state index in [1.54, 1.807) is 0 Å². The molecule has 0 aromatic heterocycles. The van der Waals surface area contributed by atoms with Crippen LogP contribution < -0.4 is 0 Å². The lowest BCUT2D eigenvalue weighted by Crippen LogP contribution is -2.47. The van der Waals surface area contributed by atoms with E-state index >= 15 is 0 Å². The van der Waals surface area contributed by atoms with Crippen molar-refractivity contribution in [3.05, 3.63) is 229 Å². The van der Waals surface area contributed by atoms with Crippen LogP contribution in [0.2, 0.25) is 0 Å². The SMILES string of the molecule is C.CC.C[C@@]12C=CC(CC1)C1C=CC2(c2ccccc2)CC1.Cc1ccccc1.Cc1ccccc1.Cc1ccccc1.c1ccc(-c2ccccc2)cc1. The monoisotopic (exact) mass is 727 g/mol. The minimum Gasteiger partial charge on any atom is -0.0842 e. The lowest BCUT2D eigenvalue weighted by Gasteiger charge is -2.54. The van der Waals surface area contributed by atoms with Gasteiger partial charge in [-0.3, -0.25) is 0 Å². The van der Waals surface area contributed by atoms with E-state index in [0.717, 1.165) is 11.8 Å². The minimum absolute atomic E-state index is 0. The maximum Gasteiger partial charge on any atom is 0.0220 e. The Hall–Kier alpha value is -5.20. The summed E-state index contributed by atoms with van der Waals surface area (Å²) in [6, 6.07) is 62.8. The zero-order valence-corrected chi connectivity index (χ0v) is 33.6. The molecule has 0 nitrogen and oxygen atoms in total. The quantitative estimate of drug-likeness (QED) is 0.156. The number of aryl methyl sites for hydroxylation is 3. The zero-order chi connectivity index (χ0) is 38.5. The number of hydrogen-bond donors (Lipinski definition) is 0. The molecule has 55 heavy (non-hydrogen) atoms. The zero-order valence-electron chi connectivity index (χ0n) is 33.6. The van der Waals surface area contributed by atoms with Crippen LogP contribution in [0.1, 0.15) is 76.1 Å². The largest absolute Gasteiger partial charge is 0.0842 e. The number of allylic oxidation sites excluding steroid dienone is 4. The summed E-state index contributed by atoms with van der Waals surface area (Å²) >= 11 is 0. The van der Waals surface area contributed by atoms with Crippen LogP contribution in [0.5, 0.6) is 0 Å². The van der Waals surface area contributed by atoms with Gasteiger partial charge < -0.3 is 0 Å². The van der Waals surface area contributed by atoms with Crippen molar-refractivity contribution in [2.45, 2.75) is 80.1 Å². The Morgan fingerprint density at radius 3 is 0.982 bits per heavy atom. The van der Waals surface area contributed by atoms with Gasteiger partial charge in [-0.2, -0.15) is 0 Å². The Morgan fingerprint density at radius 2 is 0.709 bits per heavy atom. The summed E-state index contributed by atoms with van der Waals surface area (Å²) < 4.78 is 0. The van der Waals surface area contributed by atoms with Crippen molar-refractivity contribution in [1.29, 1.82) is 0 Å². The summed E-state index contributed by atoms with van der Waals surface area (Å²) in [7, 11) is 0. The molecule has 12 rings (SSSR count). The summed E-state index contributed by atoms with van der Waals surface area (Å²) in [5.74, 6) is 1.59. The topological polar surface area (TPSA) is 0 Å². The molecule has 0 spiro atoms. The van der Waals surface area contributed by atoms with Crippen molar-refractivity contribution in [2.75, 3.05) is 0 Å². The van der Waals surface area contributed by atoms with E-state index in [0.29, 0.717) is 5.41 Å². The molecule has 0 aliphatic heterocycles. The molecule has 1 fully saturated rings. The third-order valence-electron chi connectivity index (χ3n) is 10.8. The van der Waals surface area contributed by atoms with E-state index < -0.39 is 0 Å². The first-order valence-electron chi connectivity index (χ1n) is 20.0. The molecule has 4 atom stereocenters. The van der Waals surface area contributed by atoms with Crippen LogP contribution in [0.3, 0.4) is 0 Å². The third-order valence-corrected chi connectivity index (χ3v) is 10.8. The highest BCUT2D eigenvalue weighted by Gasteiger charge is 2.51. The first-order chi connectivity index (χ1) is 26.4. The summed E-state index contributed by atoms with van der Waals surface area (Å²) in [5.41, 5.74) is 8.56. The maximum atomic E-state index is 2.56. The average Bonchev–Trinajstić information content (AvgIpc) is 3.24. The molecule has 0 heterocycles. The second-order valence-corrected chi connectivity index (χ2v) is 14.6. The summed E-state index contributed by atoms with van der Waals surface area (Å²) in [4.78, 5) is 0. The van der Waals surface area contributed by atoms with Crippen LogP contribution in [0.4, 0.5) is 0 Å². The molecule has 0 amide bonds. The van der Waals surface area contributed by atoms with Gasteiger partial charge in [-0.25, -0.2) is 0 Å². The maximum absolute atomic E-state index is 2.56. The van der Waals surface area contributed by atoms with E-state index in [1.165, 1.54) is 59.1 Å². The van der Waals surface area contributed by atoms with E-state index in [1.807, 2.05) is 80.6 Å². The Labute approximate surface area is 335 Å². The standard InChI is InChI=1S/C19H22.C12H10.3C7H8.C2H6.CH4/c1-18-11-7-15(8-12-18)16-9-13-19(18,14-10-16)17-5-3-2-4-6-17;1-3-7-11(8-4-1)12-9-5-2-6-10-12;3*1-7-5-3-2-4-6-7;1-2;/h2-7,9,11,13,15-16H,8,10,12,14H2,1H3;1-10H;3*2-6H,1H3;1-2H3;1H4/t15?,16?,18-,19?;;;;;;/m1....../s1. The van der Waals surface area contributed by atoms with E-state index in [2.05, 4.69) is 167 Å². The lowest BCUT2D eigenvalue weighted by molar-refractivity contribution is 0.133. The van der Waals surface area contributed by atoms with Crippen LogP contribution in [0, 0.1) is 38.0 Å². The van der Waals surface area contributed by atoms with Gasteiger partial charge >= 0.3 is 0 Å². The molecule has 4 bridgehead atoms. The van der Waals surface area contributed by atoms with Crippen molar-refractivity contribution in [2.24, 2.45) is 17.3 Å². The van der Waals surface area contributed by atoms with Gasteiger partial charge in [-0.05, 0) is 80.4 Å². The van der Waals surface area contributed by atoms with Gasteiger partial charge in [0, 0.05) is 5.41 Å².